The Morgan fingerprint density at radius 3 is 2.38 bits per heavy atom. The molecule has 1 heterocycles. The normalized spacial score (nSPS) is 13.4. The van der Waals surface area contributed by atoms with Crippen LogP contribution in [0.1, 0.15) is 29.8 Å². The topological polar surface area (TPSA) is 68.8 Å². The number of esters is 1. The number of para-hydroxylation sites is 2. The van der Waals surface area contributed by atoms with Gasteiger partial charge in [-0.3, -0.25) is 0 Å². The molecule has 0 saturated heterocycles. The maximum atomic E-state index is 13.2. The molecule has 2 N–H and O–H groups in total. The van der Waals surface area contributed by atoms with Gasteiger partial charge in [0.25, 0.3) is 0 Å². The van der Waals surface area contributed by atoms with Gasteiger partial charge in [-0.15, -0.1) is 0 Å². The van der Waals surface area contributed by atoms with Crippen LogP contribution in [0.3, 0.4) is 0 Å². The Morgan fingerprint density at radius 2 is 1.62 bits per heavy atom. The van der Waals surface area contributed by atoms with Crippen LogP contribution < -0.4 is 24.8 Å². The van der Waals surface area contributed by atoms with E-state index in [1.165, 1.54) is 24.3 Å². The van der Waals surface area contributed by atoms with Crippen molar-refractivity contribution >= 4 is 22.9 Å². The third-order valence-electron chi connectivity index (χ3n) is 6.71. The minimum absolute atomic E-state index is 0.222. The second-order valence-electron chi connectivity index (χ2n) is 10.1. The fourth-order valence-electron chi connectivity index (χ4n) is 4.84. The van der Waals surface area contributed by atoms with Crippen molar-refractivity contribution in [3.05, 3.63) is 108 Å². The molecule has 204 valence electrons. The third kappa shape index (κ3) is 5.78. The van der Waals surface area contributed by atoms with E-state index in [0.29, 0.717) is 18.0 Å². The molecule has 0 amide bonds. The Bertz CT molecular complexity index is 1580. The van der Waals surface area contributed by atoms with Crippen molar-refractivity contribution in [3.8, 4) is 28.4 Å². The Kier molecular flexibility index (Phi) is 7.47. The monoisotopic (exact) mass is 538 g/mol. The summed E-state index contributed by atoms with van der Waals surface area (Å²) >= 11 is 0. The SMILES string of the molecule is COc1ccccc1NCC1=CC(C)(C)Nc2ccc(-c3ccc(OC(=O)c4ccc(F)cc4)cc3OC)cc21. The molecule has 0 saturated carbocycles. The standard InChI is InChI=1S/C33H31FN2O4/c1-33(2)19-23(20-35-29-7-5-6-8-30(29)38-3)27-17-22(11-16-28(27)36-33)26-15-14-25(18-31(26)39-4)40-32(37)21-9-12-24(34)13-10-21/h5-19,35-36H,20H2,1-4H3. The smallest absolute Gasteiger partial charge is 0.343 e. The molecule has 0 aromatic heterocycles. The number of anilines is 2. The molecule has 4 aromatic rings. The molecule has 0 aliphatic carbocycles. The summed E-state index contributed by atoms with van der Waals surface area (Å²) in [7, 11) is 3.24. The molecule has 4 aromatic carbocycles. The largest absolute Gasteiger partial charge is 0.496 e. The van der Waals surface area contributed by atoms with Crippen molar-refractivity contribution in [2.24, 2.45) is 0 Å². The summed E-state index contributed by atoms with van der Waals surface area (Å²) in [5.41, 5.74) is 6.04. The second-order valence-corrected chi connectivity index (χ2v) is 10.1. The molecule has 1 aliphatic rings. The van der Waals surface area contributed by atoms with E-state index in [-0.39, 0.29) is 11.1 Å². The van der Waals surface area contributed by atoms with E-state index in [4.69, 9.17) is 14.2 Å². The molecule has 40 heavy (non-hydrogen) atoms. The lowest BCUT2D eigenvalue weighted by molar-refractivity contribution is 0.0734. The van der Waals surface area contributed by atoms with Crippen molar-refractivity contribution in [2.45, 2.75) is 19.4 Å². The highest BCUT2D eigenvalue weighted by Crippen LogP contribution is 2.40. The van der Waals surface area contributed by atoms with Crippen molar-refractivity contribution < 1.29 is 23.4 Å². The van der Waals surface area contributed by atoms with Gasteiger partial charge in [-0.05, 0) is 85.6 Å². The maximum Gasteiger partial charge on any atom is 0.343 e. The van der Waals surface area contributed by atoms with Crippen LogP contribution in [0.25, 0.3) is 16.7 Å². The lowest BCUT2D eigenvalue weighted by Crippen LogP contribution is -2.32. The number of halogens is 1. The number of hydrogen-bond acceptors (Lipinski definition) is 6. The van der Waals surface area contributed by atoms with E-state index in [2.05, 4.69) is 42.7 Å². The number of nitrogens with one attached hydrogen (secondary N) is 2. The van der Waals surface area contributed by atoms with Crippen LogP contribution in [-0.4, -0.2) is 32.3 Å². The maximum absolute atomic E-state index is 13.2. The third-order valence-corrected chi connectivity index (χ3v) is 6.71. The van der Waals surface area contributed by atoms with Crippen molar-refractivity contribution in [2.75, 3.05) is 31.4 Å². The van der Waals surface area contributed by atoms with Gasteiger partial charge in [0.1, 0.15) is 23.1 Å². The highest BCUT2D eigenvalue weighted by molar-refractivity contribution is 5.91. The van der Waals surface area contributed by atoms with Crippen LogP contribution in [0.5, 0.6) is 17.2 Å². The van der Waals surface area contributed by atoms with Gasteiger partial charge in [0, 0.05) is 29.4 Å². The fourth-order valence-corrected chi connectivity index (χ4v) is 4.84. The van der Waals surface area contributed by atoms with Gasteiger partial charge < -0.3 is 24.8 Å². The second kappa shape index (κ2) is 11.1. The average molecular weight is 539 g/mol. The Labute approximate surface area is 233 Å². The van der Waals surface area contributed by atoms with E-state index in [1.54, 1.807) is 26.4 Å². The minimum atomic E-state index is -0.574. The zero-order valence-corrected chi connectivity index (χ0v) is 22.9. The zero-order valence-electron chi connectivity index (χ0n) is 22.9. The number of methoxy groups -OCH3 is 2. The molecule has 5 rings (SSSR count). The Balaban J connectivity index is 1.42. The Hall–Kier alpha value is -4.78. The molecular weight excluding hydrogens is 507 g/mol. The van der Waals surface area contributed by atoms with Gasteiger partial charge in [-0.25, -0.2) is 9.18 Å². The predicted octanol–water partition coefficient (Wildman–Crippen LogP) is 7.43. The molecule has 0 bridgehead atoms. The first-order chi connectivity index (χ1) is 19.3. The van der Waals surface area contributed by atoms with Crippen molar-refractivity contribution in [3.63, 3.8) is 0 Å². The summed E-state index contributed by atoms with van der Waals surface area (Å²) in [4.78, 5) is 12.5. The van der Waals surface area contributed by atoms with Crippen molar-refractivity contribution in [1.29, 1.82) is 0 Å². The summed E-state index contributed by atoms with van der Waals surface area (Å²) in [5, 5.41) is 7.12. The first-order valence-electron chi connectivity index (χ1n) is 12.9. The summed E-state index contributed by atoms with van der Waals surface area (Å²) < 4.78 is 29.9. The molecular formula is C33H31FN2O4. The first-order valence-corrected chi connectivity index (χ1v) is 12.9. The lowest BCUT2D eigenvalue weighted by Gasteiger charge is -2.33. The molecule has 0 spiro atoms. The number of fused-ring (bicyclic) bond motifs is 1. The van der Waals surface area contributed by atoms with Crippen LogP contribution in [0.2, 0.25) is 0 Å². The fraction of sp³-hybridized carbons (Fsp3) is 0.182. The number of carbonyl (C=O) groups is 1. The number of rotatable bonds is 8. The van der Waals surface area contributed by atoms with Gasteiger partial charge in [0.15, 0.2) is 0 Å². The van der Waals surface area contributed by atoms with E-state index in [0.717, 1.165) is 39.4 Å². The van der Waals surface area contributed by atoms with Gasteiger partial charge in [0.05, 0.1) is 31.0 Å². The molecule has 0 radical (unpaired) electrons. The molecule has 7 heteroatoms. The van der Waals surface area contributed by atoms with Crippen LogP contribution in [0.15, 0.2) is 91.0 Å². The van der Waals surface area contributed by atoms with E-state index < -0.39 is 11.8 Å². The highest BCUT2D eigenvalue weighted by atomic mass is 19.1. The van der Waals surface area contributed by atoms with Gasteiger partial charge >= 0.3 is 5.97 Å². The summed E-state index contributed by atoms with van der Waals surface area (Å²) in [6, 6.07) is 24.6. The average Bonchev–Trinajstić information content (AvgIpc) is 2.95. The molecule has 6 nitrogen and oxygen atoms in total. The first kappa shape index (κ1) is 26.8. The summed E-state index contributed by atoms with van der Waals surface area (Å²) in [6.07, 6.45) is 2.23. The minimum Gasteiger partial charge on any atom is -0.496 e. The van der Waals surface area contributed by atoms with Crippen LogP contribution in [-0.2, 0) is 0 Å². The zero-order chi connectivity index (χ0) is 28.3. The van der Waals surface area contributed by atoms with Crippen molar-refractivity contribution in [1.82, 2.24) is 0 Å². The predicted molar refractivity (Wildman–Crippen MR) is 157 cm³/mol. The van der Waals surface area contributed by atoms with Gasteiger partial charge in [0.2, 0.25) is 0 Å². The number of carbonyl (C=O) groups excluding carboxylic acids is 1. The molecule has 0 unspecified atom stereocenters. The van der Waals surface area contributed by atoms with Gasteiger partial charge in [-0.2, -0.15) is 0 Å². The number of benzene rings is 4. The summed E-state index contributed by atoms with van der Waals surface area (Å²) in [6.45, 7) is 4.89. The molecule has 0 atom stereocenters. The van der Waals surface area contributed by atoms with E-state index in [1.807, 2.05) is 36.4 Å². The molecule has 1 aliphatic heterocycles. The highest BCUT2D eigenvalue weighted by Gasteiger charge is 2.25. The lowest BCUT2D eigenvalue weighted by atomic mass is 9.88. The quantitative estimate of drug-likeness (QED) is 0.180. The summed E-state index contributed by atoms with van der Waals surface area (Å²) in [5.74, 6) is 0.689. The number of hydrogen-bond donors (Lipinski definition) is 2. The van der Waals surface area contributed by atoms with Gasteiger partial charge in [-0.1, -0.05) is 24.3 Å². The van der Waals surface area contributed by atoms with Crippen LogP contribution >= 0.6 is 0 Å². The number of ether oxygens (including phenoxy) is 3. The van der Waals surface area contributed by atoms with E-state index in [9.17, 15) is 9.18 Å². The van der Waals surface area contributed by atoms with Crippen LogP contribution in [0, 0.1) is 5.82 Å². The Morgan fingerprint density at radius 1 is 0.875 bits per heavy atom. The van der Waals surface area contributed by atoms with E-state index >= 15 is 0 Å². The van der Waals surface area contributed by atoms with Crippen LogP contribution in [0.4, 0.5) is 15.8 Å². The molecule has 0 fully saturated rings.